The molecule has 86 valence electrons. The number of nitrogens with zero attached hydrogens (tertiary/aromatic N) is 1. The van der Waals surface area contributed by atoms with E-state index in [9.17, 15) is 0 Å². The Kier molecular flexibility index (Phi) is 3.30. The fraction of sp³-hybridized carbons (Fsp3) is 0.267. The van der Waals surface area contributed by atoms with E-state index in [1.54, 1.807) is 0 Å². The average molecular weight is 224 g/mol. The fourth-order valence-corrected chi connectivity index (χ4v) is 2.24. The Balaban J connectivity index is 2.36. The zero-order chi connectivity index (χ0) is 12.1. The van der Waals surface area contributed by atoms with Crippen LogP contribution in [-0.2, 0) is 5.54 Å². The van der Waals surface area contributed by atoms with Crippen LogP contribution in [0.5, 0.6) is 0 Å². The summed E-state index contributed by atoms with van der Waals surface area (Å²) in [7, 11) is 0. The highest BCUT2D eigenvalue weighted by molar-refractivity contribution is 5.39. The van der Waals surface area contributed by atoms with E-state index in [4.69, 9.17) is 5.26 Å². The quantitative estimate of drug-likeness (QED) is 0.855. The molecule has 2 heteroatoms. The lowest BCUT2D eigenvalue weighted by Gasteiger charge is -2.33. The van der Waals surface area contributed by atoms with Gasteiger partial charge in [-0.05, 0) is 36.4 Å². The number of allylic oxidation sites excluding steroid dienone is 2. The molecule has 0 radical (unpaired) electrons. The van der Waals surface area contributed by atoms with Gasteiger partial charge in [-0.1, -0.05) is 37.6 Å². The number of benzene rings is 1. The molecule has 0 bridgehead atoms. The number of hydrogen-bond acceptors (Lipinski definition) is 2. The second-order valence-electron chi connectivity index (χ2n) is 4.27. The predicted molar refractivity (Wildman–Crippen MR) is 69.2 cm³/mol. The van der Waals surface area contributed by atoms with Crippen molar-refractivity contribution in [2.24, 2.45) is 0 Å². The molecule has 1 aliphatic heterocycles. The molecule has 1 atom stereocenters. The summed E-state index contributed by atoms with van der Waals surface area (Å²) in [5.74, 6) is 0. The topological polar surface area (TPSA) is 35.8 Å². The first kappa shape index (κ1) is 11.5. The third kappa shape index (κ3) is 2.24. The largest absolute Gasteiger partial charge is 0.378 e. The zero-order valence-electron chi connectivity index (χ0n) is 9.98. The maximum absolute atomic E-state index is 8.82. The zero-order valence-corrected chi connectivity index (χ0v) is 9.98. The van der Waals surface area contributed by atoms with Crippen LogP contribution in [0.1, 0.15) is 30.9 Å². The van der Waals surface area contributed by atoms with Gasteiger partial charge in [-0.25, -0.2) is 0 Å². The van der Waals surface area contributed by atoms with Crippen molar-refractivity contribution < 1.29 is 0 Å². The SMILES string of the molecule is CCCC1(c2ccc(C#N)cc2)C=CC=CN1. The molecule has 0 saturated carbocycles. The van der Waals surface area contributed by atoms with Gasteiger partial charge in [0.25, 0.3) is 0 Å². The van der Waals surface area contributed by atoms with E-state index in [1.807, 2.05) is 36.5 Å². The molecule has 1 aromatic carbocycles. The summed E-state index contributed by atoms with van der Waals surface area (Å²) >= 11 is 0. The van der Waals surface area contributed by atoms with Crippen molar-refractivity contribution in [3.63, 3.8) is 0 Å². The van der Waals surface area contributed by atoms with Crippen LogP contribution in [0.4, 0.5) is 0 Å². The second-order valence-corrected chi connectivity index (χ2v) is 4.27. The molecule has 0 aliphatic carbocycles. The molecule has 0 fully saturated rings. The van der Waals surface area contributed by atoms with Gasteiger partial charge >= 0.3 is 0 Å². The van der Waals surface area contributed by atoms with Gasteiger partial charge < -0.3 is 5.32 Å². The van der Waals surface area contributed by atoms with Crippen LogP contribution in [0.25, 0.3) is 0 Å². The molecule has 0 saturated heterocycles. The van der Waals surface area contributed by atoms with Gasteiger partial charge in [-0.2, -0.15) is 5.26 Å². The van der Waals surface area contributed by atoms with Crippen LogP contribution in [0.15, 0.2) is 48.7 Å². The normalized spacial score (nSPS) is 21.9. The van der Waals surface area contributed by atoms with Crippen molar-refractivity contribution in [2.75, 3.05) is 0 Å². The lowest BCUT2D eigenvalue weighted by Crippen LogP contribution is -2.38. The molecule has 1 aliphatic rings. The molecule has 1 aromatic rings. The summed E-state index contributed by atoms with van der Waals surface area (Å²) in [4.78, 5) is 0. The van der Waals surface area contributed by atoms with Crippen LogP contribution < -0.4 is 5.32 Å². The summed E-state index contributed by atoms with van der Waals surface area (Å²) in [5.41, 5.74) is 1.80. The minimum Gasteiger partial charge on any atom is -0.378 e. The summed E-state index contributed by atoms with van der Waals surface area (Å²) in [6.45, 7) is 2.18. The molecule has 2 nitrogen and oxygen atoms in total. The number of nitriles is 1. The number of rotatable bonds is 3. The number of dihydropyridines is 1. The summed E-state index contributed by atoms with van der Waals surface area (Å²) in [6.07, 6.45) is 10.4. The minimum atomic E-state index is -0.114. The molecule has 0 spiro atoms. The molecule has 1 heterocycles. The molecular weight excluding hydrogens is 208 g/mol. The monoisotopic (exact) mass is 224 g/mol. The highest BCUT2D eigenvalue weighted by atomic mass is 15.0. The van der Waals surface area contributed by atoms with Crippen LogP contribution in [0.3, 0.4) is 0 Å². The third-order valence-electron chi connectivity index (χ3n) is 3.10. The first-order valence-electron chi connectivity index (χ1n) is 5.93. The van der Waals surface area contributed by atoms with Gasteiger partial charge in [0.1, 0.15) is 0 Å². The summed E-state index contributed by atoms with van der Waals surface area (Å²) in [5, 5.41) is 12.3. The highest BCUT2D eigenvalue weighted by Gasteiger charge is 2.27. The predicted octanol–water partition coefficient (Wildman–Crippen LogP) is 3.23. The Morgan fingerprint density at radius 3 is 2.53 bits per heavy atom. The van der Waals surface area contributed by atoms with Crippen molar-refractivity contribution in [3.8, 4) is 6.07 Å². The lowest BCUT2D eigenvalue weighted by molar-refractivity contribution is 0.430. The first-order chi connectivity index (χ1) is 8.30. The second kappa shape index (κ2) is 4.88. The Morgan fingerprint density at radius 2 is 2.00 bits per heavy atom. The Bertz CT molecular complexity index is 477. The van der Waals surface area contributed by atoms with Crippen molar-refractivity contribution in [1.82, 2.24) is 5.32 Å². The Labute approximate surface area is 102 Å². The maximum Gasteiger partial charge on any atom is 0.0991 e. The van der Waals surface area contributed by atoms with Gasteiger partial charge in [-0.3, -0.25) is 0 Å². The van der Waals surface area contributed by atoms with Crippen molar-refractivity contribution in [3.05, 3.63) is 59.8 Å². The minimum absolute atomic E-state index is 0.114. The van der Waals surface area contributed by atoms with Crippen molar-refractivity contribution >= 4 is 0 Å². The van der Waals surface area contributed by atoms with Crippen molar-refractivity contribution in [1.29, 1.82) is 5.26 Å². The van der Waals surface area contributed by atoms with Crippen LogP contribution in [0, 0.1) is 11.3 Å². The lowest BCUT2D eigenvalue weighted by atomic mass is 9.84. The molecule has 0 amide bonds. The Morgan fingerprint density at radius 1 is 1.24 bits per heavy atom. The van der Waals surface area contributed by atoms with Gasteiger partial charge in [-0.15, -0.1) is 0 Å². The molecule has 1 N–H and O–H groups in total. The molecule has 2 rings (SSSR count). The van der Waals surface area contributed by atoms with E-state index in [-0.39, 0.29) is 5.54 Å². The van der Waals surface area contributed by atoms with Crippen LogP contribution in [-0.4, -0.2) is 0 Å². The van der Waals surface area contributed by atoms with E-state index < -0.39 is 0 Å². The Hall–Kier alpha value is -2.01. The van der Waals surface area contributed by atoms with E-state index in [0.717, 1.165) is 12.8 Å². The highest BCUT2D eigenvalue weighted by Crippen LogP contribution is 2.30. The number of hydrogen-bond donors (Lipinski definition) is 1. The van der Waals surface area contributed by atoms with Crippen LogP contribution >= 0.6 is 0 Å². The maximum atomic E-state index is 8.82. The van der Waals surface area contributed by atoms with Gasteiger partial charge in [0.2, 0.25) is 0 Å². The van der Waals surface area contributed by atoms with Crippen molar-refractivity contribution in [2.45, 2.75) is 25.3 Å². The van der Waals surface area contributed by atoms with E-state index in [0.29, 0.717) is 5.56 Å². The van der Waals surface area contributed by atoms with Crippen LogP contribution in [0.2, 0.25) is 0 Å². The van der Waals surface area contributed by atoms with Gasteiger partial charge in [0.15, 0.2) is 0 Å². The number of nitrogens with one attached hydrogen (secondary N) is 1. The molecule has 0 aromatic heterocycles. The van der Waals surface area contributed by atoms with Gasteiger partial charge in [0, 0.05) is 0 Å². The molecule has 17 heavy (non-hydrogen) atoms. The van der Waals surface area contributed by atoms with E-state index in [2.05, 4.69) is 30.5 Å². The third-order valence-corrected chi connectivity index (χ3v) is 3.10. The van der Waals surface area contributed by atoms with E-state index in [1.165, 1.54) is 5.56 Å². The summed E-state index contributed by atoms with van der Waals surface area (Å²) in [6, 6.07) is 9.97. The van der Waals surface area contributed by atoms with Gasteiger partial charge in [0.05, 0.1) is 17.2 Å². The van der Waals surface area contributed by atoms with E-state index >= 15 is 0 Å². The fourth-order valence-electron chi connectivity index (χ4n) is 2.24. The standard InChI is InChI=1S/C15H16N2/c1-2-9-15(10-3-4-11-17-15)14-7-5-13(12-16)6-8-14/h3-8,10-11,17H,2,9H2,1H3. The molecular formula is C15H16N2. The molecule has 1 unspecified atom stereocenters. The first-order valence-corrected chi connectivity index (χ1v) is 5.93. The average Bonchev–Trinajstić information content (AvgIpc) is 2.40. The smallest absolute Gasteiger partial charge is 0.0991 e. The summed E-state index contributed by atoms with van der Waals surface area (Å²) < 4.78 is 0.